The zero-order valence-corrected chi connectivity index (χ0v) is 11.9. The molecule has 21 heavy (non-hydrogen) atoms. The number of furan rings is 1. The number of hydrogen-bond acceptors (Lipinski definition) is 3. The van der Waals surface area contributed by atoms with Gasteiger partial charge >= 0.3 is 0 Å². The molecule has 0 bridgehead atoms. The molecule has 2 aliphatic rings. The van der Waals surface area contributed by atoms with E-state index in [1.54, 1.807) is 15.9 Å². The van der Waals surface area contributed by atoms with Crippen LogP contribution >= 0.6 is 0 Å². The maximum absolute atomic E-state index is 14.8. The standard InChI is InChI=1S/C15H19FN2O3/c16-15(14(20)18-6-1-2-7-18)4-8-17(9-5-15)13(19)12-3-10-21-11-12/h3,10-11H,1-2,4-9H2. The van der Waals surface area contributed by atoms with Gasteiger partial charge in [-0.1, -0.05) is 0 Å². The first-order valence-corrected chi connectivity index (χ1v) is 7.40. The molecule has 2 saturated heterocycles. The van der Waals surface area contributed by atoms with Crippen molar-refractivity contribution < 1.29 is 18.4 Å². The molecule has 3 rings (SSSR count). The van der Waals surface area contributed by atoms with Gasteiger partial charge in [0.15, 0.2) is 5.67 Å². The van der Waals surface area contributed by atoms with E-state index in [-0.39, 0.29) is 31.8 Å². The van der Waals surface area contributed by atoms with Gasteiger partial charge < -0.3 is 14.2 Å². The number of piperidine rings is 1. The van der Waals surface area contributed by atoms with Gasteiger partial charge in [0.2, 0.25) is 0 Å². The molecule has 2 fully saturated rings. The third kappa shape index (κ3) is 2.66. The summed E-state index contributed by atoms with van der Waals surface area (Å²) in [6, 6.07) is 1.59. The Bertz CT molecular complexity index is 515. The van der Waals surface area contributed by atoms with Crippen LogP contribution in [0.25, 0.3) is 0 Å². The number of nitrogens with zero attached hydrogens (tertiary/aromatic N) is 2. The highest BCUT2D eigenvalue weighted by Crippen LogP contribution is 2.30. The van der Waals surface area contributed by atoms with Crippen LogP contribution in [0.3, 0.4) is 0 Å². The minimum atomic E-state index is -1.81. The predicted molar refractivity (Wildman–Crippen MR) is 73.5 cm³/mol. The van der Waals surface area contributed by atoms with Gasteiger partial charge in [0.1, 0.15) is 6.26 Å². The van der Waals surface area contributed by atoms with Gasteiger partial charge in [0.25, 0.3) is 11.8 Å². The summed E-state index contributed by atoms with van der Waals surface area (Å²) in [5, 5.41) is 0. The number of carbonyl (C=O) groups is 2. The summed E-state index contributed by atoms with van der Waals surface area (Å²) in [5.74, 6) is -0.560. The van der Waals surface area contributed by atoms with E-state index >= 15 is 0 Å². The quantitative estimate of drug-likeness (QED) is 0.836. The van der Waals surface area contributed by atoms with Crippen molar-refractivity contribution in [3.05, 3.63) is 24.2 Å². The average Bonchev–Trinajstić information content (AvgIpc) is 3.19. The summed E-state index contributed by atoms with van der Waals surface area (Å²) in [5.41, 5.74) is -1.34. The van der Waals surface area contributed by atoms with Gasteiger partial charge in [-0.2, -0.15) is 0 Å². The van der Waals surface area contributed by atoms with E-state index in [1.165, 1.54) is 12.5 Å². The van der Waals surface area contributed by atoms with Gasteiger partial charge in [-0.05, 0) is 18.9 Å². The predicted octanol–water partition coefficient (Wildman–Crippen LogP) is 1.85. The molecule has 0 aliphatic carbocycles. The molecule has 2 amide bonds. The van der Waals surface area contributed by atoms with Crippen molar-refractivity contribution in [3.63, 3.8) is 0 Å². The highest BCUT2D eigenvalue weighted by Gasteiger charge is 2.45. The van der Waals surface area contributed by atoms with Crippen LogP contribution in [0.1, 0.15) is 36.0 Å². The summed E-state index contributed by atoms with van der Waals surface area (Å²) in [7, 11) is 0. The molecule has 2 aliphatic heterocycles. The molecule has 0 aromatic carbocycles. The number of rotatable bonds is 2. The Morgan fingerprint density at radius 1 is 1.10 bits per heavy atom. The van der Waals surface area contributed by atoms with Crippen LogP contribution in [0.4, 0.5) is 4.39 Å². The van der Waals surface area contributed by atoms with Gasteiger partial charge in [0, 0.05) is 39.0 Å². The smallest absolute Gasteiger partial charge is 0.260 e. The van der Waals surface area contributed by atoms with Gasteiger partial charge in [0.05, 0.1) is 11.8 Å². The number of likely N-dealkylation sites (tertiary alicyclic amines) is 2. The second-order valence-electron chi connectivity index (χ2n) is 5.77. The number of halogens is 1. The molecular formula is C15H19FN2O3. The van der Waals surface area contributed by atoms with Gasteiger partial charge in [-0.3, -0.25) is 9.59 Å². The van der Waals surface area contributed by atoms with Crippen molar-refractivity contribution in [2.75, 3.05) is 26.2 Å². The fourth-order valence-corrected chi connectivity index (χ4v) is 3.05. The van der Waals surface area contributed by atoms with E-state index in [0.29, 0.717) is 18.7 Å². The van der Waals surface area contributed by atoms with Crippen LogP contribution in [-0.2, 0) is 4.79 Å². The minimum absolute atomic E-state index is 0.0753. The first-order chi connectivity index (χ1) is 10.1. The van der Waals surface area contributed by atoms with Crippen molar-refractivity contribution in [1.29, 1.82) is 0 Å². The Morgan fingerprint density at radius 2 is 1.76 bits per heavy atom. The number of amides is 2. The Morgan fingerprint density at radius 3 is 2.33 bits per heavy atom. The largest absolute Gasteiger partial charge is 0.472 e. The topological polar surface area (TPSA) is 53.8 Å². The summed E-state index contributed by atoms with van der Waals surface area (Å²) in [6.45, 7) is 1.84. The molecule has 0 unspecified atom stereocenters. The zero-order valence-electron chi connectivity index (χ0n) is 11.9. The number of carbonyl (C=O) groups excluding carboxylic acids is 2. The van der Waals surface area contributed by atoms with E-state index in [0.717, 1.165) is 12.8 Å². The summed E-state index contributed by atoms with van der Waals surface area (Å²) >= 11 is 0. The first-order valence-electron chi connectivity index (χ1n) is 7.40. The lowest BCUT2D eigenvalue weighted by atomic mass is 9.91. The van der Waals surface area contributed by atoms with Crippen LogP contribution in [0.5, 0.6) is 0 Å². The number of hydrogen-bond donors (Lipinski definition) is 0. The van der Waals surface area contributed by atoms with E-state index < -0.39 is 11.6 Å². The highest BCUT2D eigenvalue weighted by molar-refractivity contribution is 5.94. The minimum Gasteiger partial charge on any atom is -0.472 e. The fraction of sp³-hybridized carbons (Fsp3) is 0.600. The van der Waals surface area contributed by atoms with Crippen molar-refractivity contribution in [3.8, 4) is 0 Å². The molecule has 0 spiro atoms. The molecule has 0 atom stereocenters. The molecule has 3 heterocycles. The monoisotopic (exact) mass is 294 g/mol. The molecule has 1 aromatic heterocycles. The maximum Gasteiger partial charge on any atom is 0.260 e. The van der Waals surface area contributed by atoms with Crippen LogP contribution in [0, 0.1) is 0 Å². The SMILES string of the molecule is O=C(c1ccoc1)N1CCC(F)(C(=O)N2CCCC2)CC1. The van der Waals surface area contributed by atoms with E-state index in [1.807, 2.05) is 0 Å². The van der Waals surface area contributed by atoms with Crippen LogP contribution in [0.15, 0.2) is 23.0 Å². The third-order valence-electron chi connectivity index (χ3n) is 4.39. The Balaban J connectivity index is 1.61. The van der Waals surface area contributed by atoms with E-state index in [9.17, 15) is 14.0 Å². The molecular weight excluding hydrogens is 275 g/mol. The molecule has 6 heteroatoms. The summed E-state index contributed by atoms with van der Waals surface area (Å²) in [6.07, 6.45) is 4.88. The lowest BCUT2D eigenvalue weighted by Gasteiger charge is -2.37. The highest BCUT2D eigenvalue weighted by atomic mass is 19.1. The van der Waals surface area contributed by atoms with E-state index in [2.05, 4.69) is 0 Å². The normalized spacial score (nSPS) is 21.6. The zero-order chi connectivity index (χ0) is 14.9. The Labute approximate surface area is 122 Å². The first kappa shape index (κ1) is 14.1. The second kappa shape index (κ2) is 5.50. The van der Waals surface area contributed by atoms with E-state index in [4.69, 9.17) is 4.42 Å². The number of alkyl halides is 1. The van der Waals surface area contributed by atoms with Gasteiger partial charge in [-0.15, -0.1) is 0 Å². The van der Waals surface area contributed by atoms with Crippen molar-refractivity contribution in [2.24, 2.45) is 0 Å². The van der Waals surface area contributed by atoms with Crippen LogP contribution < -0.4 is 0 Å². The molecule has 0 radical (unpaired) electrons. The van der Waals surface area contributed by atoms with Crippen LogP contribution in [-0.4, -0.2) is 53.5 Å². The Hall–Kier alpha value is -1.85. The fourth-order valence-electron chi connectivity index (χ4n) is 3.05. The van der Waals surface area contributed by atoms with Gasteiger partial charge in [-0.25, -0.2) is 4.39 Å². The Kier molecular flexibility index (Phi) is 3.69. The average molecular weight is 294 g/mol. The van der Waals surface area contributed by atoms with Crippen molar-refractivity contribution in [1.82, 2.24) is 9.80 Å². The van der Waals surface area contributed by atoms with Crippen molar-refractivity contribution >= 4 is 11.8 Å². The van der Waals surface area contributed by atoms with Crippen LogP contribution in [0.2, 0.25) is 0 Å². The maximum atomic E-state index is 14.8. The lowest BCUT2D eigenvalue weighted by Crippen LogP contribution is -2.52. The molecule has 1 aromatic rings. The summed E-state index contributed by atoms with van der Waals surface area (Å²) < 4.78 is 19.7. The molecule has 0 saturated carbocycles. The lowest BCUT2D eigenvalue weighted by molar-refractivity contribution is -0.145. The second-order valence-corrected chi connectivity index (χ2v) is 5.77. The van der Waals surface area contributed by atoms with Crippen molar-refractivity contribution in [2.45, 2.75) is 31.4 Å². The molecule has 0 N–H and O–H groups in total. The third-order valence-corrected chi connectivity index (χ3v) is 4.39. The molecule has 5 nitrogen and oxygen atoms in total. The molecule has 114 valence electrons. The summed E-state index contributed by atoms with van der Waals surface area (Å²) in [4.78, 5) is 27.6.